The zero-order chi connectivity index (χ0) is 31.6. The Morgan fingerprint density at radius 2 is 1.35 bits per heavy atom. The maximum absolute atomic E-state index is 14.0. The number of aromatic nitrogens is 1. The summed E-state index contributed by atoms with van der Waals surface area (Å²) >= 11 is 1.34. The molecule has 0 spiro atoms. The monoisotopic (exact) mass is 626 g/mol. The molecule has 6 rings (SSSR count). The van der Waals surface area contributed by atoms with E-state index in [-0.39, 0.29) is 28.6 Å². The molecule has 0 aliphatic carbocycles. The summed E-state index contributed by atoms with van der Waals surface area (Å²) in [5.41, 5.74) is 4.16. The lowest BCUT2D eigenvalue weighted by Gasteiger charge is -2.20. The van der Waals surface area contributed by atoms with E-state index < -0.39 is 11.8 Å². The van der Waals surface area contributed by atoms with Crippen molar-refractivity contribution in [2.45, 2.75) is 0 Å². The van der Waals surface area contributed by atoms with Crippen LogP contribution in [-0.4, -0.2) is 16.8 Å². The number of amides is 2. The Morgan fingerprint density at radius 3 is 2.02 bits per heavy atom. The van der Waals surface area contributed by atoms with E-state index in [1.54, 1.807) is 72.8 Å². The van der Waals surface area contributed by atoms with Gasteiger partial charge in [-0.3, -0.25) is 9.59 Å². The fourth-order valence-electron chi connectivity index (χ4n) is 4.25. The van der Waals surface area contributed by atoms with Crippen LogP contribution in [-0.2, 0) is 0 Å². The van der Waals surface area contributed by atoms with Gasteiger partial charge in [0, 0.05) is 11.3 Å². The van der Waals surface area contributed by atoms with Gasteiger partial charge in [-0.2, -0.15) is 5.48 Å². The van der Waals surface area contributed by atoms with E-state index in [0.29, 0.717) is 27.8 Å². The van der Waals surface area contributed by atoms with Crippen LogP contribution in [0.15, 0.2) is 149 Å². The topological polar surface area (TPSA) is 126 Å². The molecule has 0 saturated carbocycles. The Balaban J connectivity index is 1.54. The van der Waals surface area contributed by atoms with E-state index in [4.69, 9.17) is 9.57 Å². The highest BCUT2D eigenvalue weighted by Gasteiger charge is 2.29. The summed E-state index contributed by atoms with van der Waals surface area (Å²) in [6.45, 7) is 0. The van der Waals surface area contributed by atoms with Crippen molar-refractivity contribution in [3.05, 3.63) is 150 Å². The summed E-state index contributed by atoms with van der Waals surface area (Å²) in [6.07, 6.45) is 0. The molecule has 10 nitrogen and oxygen atoms in total. The second-order valence-corrected chi connectivity index (χ2v) is 10.5. The fraction of sp³-hybridized carbons (Fsp3) is 0. The van der Waals surface area contributed by atoms with Crippen LogP contribution in [0.25, 0.3) is 0 Å². The molecule has 0 aliphatic rings. The molecule has 2 aromatic heterocycles. The molecular formula is C35H26N6O4S. The number of hydrogen-bond acceptors (Lipinski definition) is 9. The van der Waals surface area contributed by atoms with Crippen LogP contribution < -0.4 is 25.7 Å². The lowest BCUT2D eigenvalue weighted by molar-refractivity contribution is 0.0761. The molecule has 2 heterocycles. The Hall–Kier alpha value is -6.33. The van der Waals surface area contributed by atoms with E-state index in [2.05, 4.69) is 31.3 Å². The van der Waals surface area contributed by atoms with Crippen LogP contribution in [0.3, 0.4) is 0 Å². The first-order valence-electron chi connectivity index (χ1n) is 14.1. The number of ether oxygens (including phenoxy) is 1. The molecule has 11 heteroatoms. The highest BCUT2D eigenvalue weighted by Crippen LogP contribution is 2.45. The summed E-state index contributed by atoms with van der Waals surface area (Å²) < 4.78 is 6.35. The molecule has 6 aromatic rings. The summed E-state index contributed by atoms with van der Waals surface area (Å²) in [7, 11) is 0. The van der Waals surface area contributed by atoms with Gasteiger partial charge in [-0.25, -0.2) is 4.98 Å². The van der Waals surface area contributed by atoms with Gasteiger partial charge in [0.15, 0.2) is 22.4 Å². The third-order valence-corrected chi connectivity index (χ3v) is 7.14. The zero-order valence-corrected chi connectivity index (χ0v) is 25.0. The standard InChI is InChI=1S/C35H26N6O4S/c42-34(24-14-5-1-6-15-24)38-32-29(35(43)41-45-27-20-11-4-12-21-27)30(36-25-16-7-2-8-17-25)31(44-28-22-13-23-46-28)33(37-32)40-39-26-18-9-3-10-19-26/h1-23H,(H,41,43)(H2,36,37,38,42). The largest absolute Gasteiger partial charge is 0.440 e. The van der Waals surface area contributed by atoms with E-state index in [9.17, 15) is 9.59 Å². The predicted octanol–water partition coefficient (Wildman–Crippen LogP) is 9.07. The number of anilines is 3. The Bertz CT molecular complexity index is 1940. The molecule has 0 bridgehead atoms. The first kappa shape index (κ1) is 29.7. The number of nitrogens with one attached hydrogen (secondary N) is 3. The van der Waals surface area contributed by atoms with Gasteiger partial charge in [0.25, 0.3) is 11.8 Å². The quantitative estimate of drug-likeness (QED) is 0.0973. The number of benzene rings is 4. The fourth-order valence-corrected chi connectivity index (χ4v) is 4.83. The van der Waals surface area contributed by atoms with Crippen molar-refractivity contribution in [1.82, 2.24) is 10.5 Å². The van der Waals surface area contributed by atoms with Gasteiger partial charge >= 0.3 is 0 Å². The number of pyridine rings is 1. The maximum Gasteiger partial charge on any atom is 0.289 e. The van der Waals surface area contributed by atoms with Crippen LogP contribution in [0, 0.1) is 0 Å². The average molecular weight is 627 g/mol. The van der Waals surface area contributed by atoms with Crippen molar-refractivity contribution in [1.29, 1.82) is 0 Å². The first-order chi connectivity index (χ1) is 22.6. The number of azo groups is 1. The Morgan fingerprint density at radius 1 is 0.696 bits per heavy atom. The van der Waals surface area contributed by atoms with Gasteiger partial charge in [0.1, 0.15) is 11.3 Å². The summed E-state index contributed by atoms with van der Waals surface area (Å²) in [5, 5.41) is 17.3. The summed E-state index contributed by atoms with van der Waals surface area (Å²) in [5.74, 6) is -0.773. The van der Waals surface area contributed by atoms with E-state index in [1.165, 1.54) is 11.3 Å². The number of rotatable bonds is 11. The second kappa shape index (κ2) is 14.4. The van der Waals surface area contributed by atoms with E-state index >= 15 is 0 Å². The van der Waals surface area contributed by atoms with Crippen molar-refractivity contribution in [2.75, 3.05) is 10.6 Å². The number of carbonyl (C=O) groups excluding carboxylic acids is 2. The van der Waals surface area contributed by atoms with Gasteiger partial charge in [-0.15, -0.1) is 21.6 Å². The minimum absolute atomic E-state index is 0.0135. The van der Waals surface area contributed by atoms with Gasteiger partial charge in [0.05, 0.1) is 5.69 Å². The minimum atomic E-state index is -0.708. The van der Waals surface area contributed by atoms with Crippen LogP contribution in [0.1, 0.15) is 20.7 Å². The average Bonchev–Trinajstić information content (AvgIpc) is 3.63. The third-order valence-electron chi connectivity index (χ3n) is 6.39. The van der Waals surface area contributed by atoms with Crippen LogP contribution in [0.5, 0.6) is 16.6 Å². The number of hydrogen-bond donors (Lipinski definition) is 3. The molecule has 46 heavy (non-hydrogen) atoms. The van der Waals surface area contributed by atoms with E-state index in [1.807, 2.05) is 66.0 Å². The van der Waals surface area contributed by atoms with Crippen molar-refractivity contribution < 1.29 is 19.2 Å². The highest BCUT2D eigenvalue weighted by atomic mass is 32.1. The number of hydroxylamine groups is 1. The molecular weight excluding hydrogens is 600 g/mol. The highest BCUT2D eigenvalue weighted by molar-refractivity contribution is 7.11. The number of para-hydroxylation sites is 2. The first-order valence-corrected chi connectivity index (χ1v) is 15.0. The molecule has 226 valence electrons. The van der Waals surface area contributed by atoms with Gasteiger partial charge in [0.2, 0.25) is 5.82 Å². The lowest BCUT2D eigenvalue weighted by Crippen LogP contribution is -2.29. The van der Waals surface area contributed by atoms with Crippen LogP contribution in [0.4, 0.5) is 28.7 Å². The Labute approximate surface area is 268 Å². The van der Waals surface area contributed by atoms with Crippen molar-refractivity contribution in [3.63, 3.8) is 0 Å². The maximum atomic E-state index is 14.0. The molecule has 0 aliphatic heterocycles. The molecule has 0 radical (unpaired) electrons. The van der Waals surface area contributed by atoms with Crippen LogP contribution in [0.2, 0.25) is 0 Å². The van der Waals surface area contributed by atoms with Gasteiger partial charge in [-0.1, -0.05) is 72.8 Å². The number of carbonyl (C=O) groups is 2. The minimum Gasteiger partial charge on any atom is -0.440 e. The second-order valence-electron chi connectivity index (χ2n) is 9.59. The van der Waals surface area contributed by atoms with Crippen molar-refractivity contribution in [2.24, 2.45) is 10.2 Å². The lowest BCUT2D eigenvalue weighted by atomic mass is 10.1. The smallest absolute Gasteiger partial charge is 0.289 e. The predicted molar refractivity (Wildman–Crippen MR) is 178 cm³/mol. The summed E-state index contributed by atoms with van der Waals surface area (Å²) in [6, 6.07) is 39.3. The van der Waals surface area contributed by atoms with Gasteiger partial charge < -0.3 is 20.2 Å². The normalized spacial score (nSPS) is 10.7. The molecule has 0 saturated heterocycles. The van der Waals surface area contributed by atoms with Gasteiger partial charge in [-0.05, 0) is 66.0 Å². The van der Waals surface area contributed by atoms with Crippen molar-refractivity contribution in [3.8, 4) is 16.6 Å². The number of nitrogens with zero attached hydrogens (tertiary/aromatic N) is 3. The van der Waals surface area contributed by atoms with E-state index in [0.717, 1.165) is 0 Å². The number of thiophene rings is 1. The molecule has 0 unspecified atom stereocenters. The Kier molecular flexibility index (Phi) is 9.32. The van der Waals surface area contributed by atoms with Crippen LogP contribution >= 0.6 is 11.3 Å². The summed E-state index contributed by atoms with van der Waals surface area (Å²) in [4.78, 5) is 37.7. The molecule has 0 fully saturated rings. The third kappa shape index (κ3) is 7.41. The zero-order valence-electron chi connectivity index (χ0n) is 24.2. The molecule has 4 aromatic carbocycles. The SMILES string of the molecule is O=C(Nc1nc(N=Nc2ccccc2)c(Oc2cccs2)c(Nc2ccccc2)c1C(=O)NOc1ccccc1)c1ccccc1. The molecule has 3 N–H and O–H groups in total. The molecule has 2 amide bonds. The molecule has 0 atom stereocenters. The van der Waals surface area contributed by atoms with Crippen molar-refractivity contribution >= 4 is 51.8 Å².